The average Bonchev–Trinajstić information content (AvgIpc) is 2.50. The first kappa shape index (κ1) is 14.1. The van der Waals surface area contributed by atoms with Gasteiger partial charge in [0.25, 0.3) is 0 Å². The zero-order valence-electron chi connectivity index (χ0n) is 11.6. The topological polar surface area (TPSA) is 3.88 Å². The van der Waals surface area contributed by atoms with Crippen LogP contribution in [0, 0.1) is 0 Å². The van der Waals surface area contributed by atoms with Crippen molar-refractivity contribution in [3.8, 4) is 0 Å². The van der Waals surface area contributed by atoms with Crippen molar-refractivity contribution in [3.05, 3.63) is 75.9 Å². The number of aromatic nitrogens is 1. The Kier molecular flexibility index (Phi) is 3.96. The van der Waals surface area contributed by atoms with Crippen LogP contribution in [-0.2, 0) is 7.05 Å². The Morgan fingerprint density at radius 2 is 1.71 bits per heavy atom. The molecule has 1 aromatic heterocycles. The summed E-state index contributed by atoms with van der Waals surface area (Å²) >= 11 is 12.0. The van der Waals surface area contributed by atoms with Gasteiger partial charge in [-0.25, -0.2) is 4.57 Å². The third kappa shape index (κ3) is 2.94. The minimum absolute atomic E-state index is 0.572. The molecule has 104 valence electrons. The molecule has 0 radical (unpaired) electrons. The summed E-state index contributed by atoms with van der Waals surface area (Å²) in [6.45, 7) is 0. The maximum absolute atomic E-state index is 6.04. The largest absolute Gasteiger partial charge is 0.212 e. The van der Waals surface area contributed by atoms with Crippen molar-refractivity contribution < 1.29 is 4.57 Å². The van der Waals surface area contributed by atoms with Gasteiger partial charge in [0.2, 0.25) is 5.52 Å². The molecule has 0 atom stereocenters. The van der Waals surface area contributed by atoms with E-state index >= 15 is 0 Å². The molecule has 3 rings (SSSR count). The summed E-state index contributed by atoms with van der Waals surface area (Å²) in [7, 11) is 2.05. The van der Waals surface area contributed by atoms with E-state index in [1.165, 1.54) is 16.5 Å². The van der Waals surface area contributed by atoms with Crippen LogP contribution in [0.25, 0.3) is 23.1 Å². The van der Waals surface area contributed by atoms with Crippen LogP contribution >= 0.6 is 23.2 Å². The van der Waals surface area contributed by atoms with Crippen LogP contribution < -0.4 is 4.57 Å². The minimum atomic E-state index is 0.572. The Hall–Kier alpha value is -1.83. The Morgan fingerprint density at radius 1 is 0.905 bits per heavy atom. The first-order valence-electron chi connectivity index (χ1n) is 6.66. The maximum atomic E-state index is 6.04. The molecule has 0 unspecified atom stereocenters. The lowest BCUT2D eigenvalue weighted by atomic mass is 10.1. The van der Waals surface area contributed by atoms with E-state index in [4.69, 9.17) is 23.2 Å². The van der Waals surface area contributed by atoms with Gasteiger partial charge in [-0.1, -0.05) is 53.6 Å². The number of hydrogen-bond donors (Lipinski definition) is 0. The fourth-order valence-electron chi connectivity index (χ4n) is 2.33. The van der Waals surface area contributed by atoms with Crippen molar-refractivity contribution in [2.45, 2.75) is 0 Å². The SMILES string of the molecule is C[n+]1ccc(/C=C\c2ccc(Cl)c(Cl)c2)c2ccccc21. The molecular formula is C18H14Cl2N+. The molecule has 0 saturated heterocycles. The number of nitrogens with zero attached hydrogens (tertiary/aromatic N) is 1. The lowest BCUT2D eigenvalue weighted by Gasteiger charge is -2.01. The highest BCUT2D eigenvalue weighted by Crippen LogP contribution is 2.24. The molecule has 0 amide bonds. The molecule has 0 saturated carbocycles. The number of hydrogen-bond acceptors (Lipinski definition) is 0. The average molecular weight is 315 g/mol. The summed E-state index contributed by atoms with van der Waals surface area (Å²) in [5.41, 5.74) is 3.41. The Morgan fingerprint density at radius 3 is 2.52 bits per heavy atom. The van der Waals surface area contributed by atoms with Crippen LogP contribution in [0.1, 0.15) is 11.1 Å². The molecule has 0 aliphatic heterocycles. The van der Waals surface area contributed by atoms with Gasteiger partial charge in [-0.15, -0.1) is 0 Å². The number of halogens is 2. The van der Waals surface area contributed by atoms with Crippen molar-refractivity contribution in [2.75, 3.05) is 0 Å². The lowest BCUT2D eigenvalue weighted by molar-refractivity contribution is -0.644. The normalized spacial score (nSPS) is 11.4. The van der Waals surface area contributed by atoms with Crippen LogP contribution in [0.2, 0.25) is 10.0 Å². The number of rotatable bonds is 2. The second-order valence-electron chi connectivity index (χ2n) is 4.91. The number of aryl methyl sites for hydroxylation is 1. The summed E-state index contributed by atoms with van der Waals surface area (Å²) in [6, 6.07) is 16.1. The minimum Gasteiger partial charge on any atom is -0.201 e. The zero-order chi connectivity index (χ0) is 14.8. The molecule has 21 heavy (non-hydrogen) atoms. The second kappa shape index (κ2) is 5.88. The molecular weight excluding hydrogens is 301 g/mol. The lowest BCUT2D eigenvalue weighted by Crippen LogP contribution is -2.28. The van der Waals surface area contributed by atoms with E-state index in [-0.39, 0.29) is 0 Å². The van der Waals surface area contributed by atoms with Gasteiger partial charge < -0.3 is 0 Å². The summed E-state index contributed by atoms with van der Waals surface area (Å²) < 4.78 is 2.12. The summed E-state index contributed by atoms with van der Waals surface area (Å²) in [4.78, 5) is 0. The van der Waals surface area contributed by atoms with E-state index < -0.39 is 0 Å². The number of benzene rings is 2. The summed E-state index contributed by atoms with van der Waals surface area (Å²) in [5.74, 6) is 0. The molecule has 3 aromatic rings. The maximum Gasteiger partial charge on any atom is 0.212 e. The predicted molar refractivity (Wildman–Crippen MR) is 90.5 cm³/mol. The molecule has 0 spiro atoms. The van der Waals surface area contributed by atoms with E-state index in [1.807, 2.05) is 24.3 Å². The fourth-order valence-corrected chi connectivity index (χ4v) is 2.64. The van der Waals surface area contributed by atoms with Crippen LogP contribution in [0.15, 0.2) is 54.7 Å². The van der Waals surface area contributed by atoms with Crippen LogP contribution in [0.3, 0.4) is 0 Å². The first-order chi connectivity index (χ1) is 10.1. The molecule has 0 aliphatic rings. The van der Waals surface area contributed by atoms with Crippen LogP contribution in [0.4, 0.5) is 0 Å². The third-order valence-electron chi connectivity index (χ3n) is 3.47. The molecule has 1 heterocycles. The van der Waals surface area contributed by atoms with Crippen molar-refractivity contribution in [3.63, 3.8) is 0 Å². The molecule has 0 aliphatic carbocycles. The van der Waals surface area contributed by atoms with E-state index in [9.17, 15) is 0 Å². The second-order valence-corrected chi connectivity index (χ2v) is 5.72. The Balaban J connectivity index is 2.03. The number of para-hydroxylation sites is 1. The van der Waals surface area contributed by atoms with Crippen molar-refractivity contribution in [1.82, 2.24) is 0 Å². The highest BCUT2D eigenvalue weighted by molar-refractivity contribution is 6.42. The van der Waals surface area contributed by atoms with Gasteiger partial charge in [0.15, 0.2) is 6.20 Å². The van der Waals surface area contributed by atoms with Crippen molar-refractivity contribution in [2.24, 2.45) is 7.05 Å². The van der Waals surface area contributed by atoms with E-state index in [0.29, 0.717) is 10.0 Å². The zero-order valence-corrected chi connectivity index (χ0v) is 13.1. The van der Waals surface area contributed by atoms with Gasteiger partial charge in [-0.3, -0.25) is 0 Å². The molecule has 0 N–H and O–H groups in total. The number of pyridine rings is 1. The van der Waals surface area contributed by atoms with Gasteiger partial charge in [0.1, 0.15) is 7.05 Å². The standard InChI is InChI=1S/C18H14Cl2N/c1-21-11-10-14(15-4-2-3-5-18(15)21)8-6-13-7-9-16(19)17(20)12-13/h2-12H,1H3/q+1/b8-6-. The number of fused-ring (bicyclic) bond motifs is 1. The van der Waals surface area contributed by atoms with Crippen LogP contribution in [-0.4, -0.2) is 0 Å². The summed E-state index contributed by atoms with van der Waals surface area (Å²) in [5, 5.41) is 2.37. The predicted octanol–water partition coefficient (Wildman–Crippen LogP) is 5.14. The molecule has 0 fully saturated rings. The summed E-state index contributed by atoms with van der Waals surface area (Å²) in [6.07, 6.45) is 6.21. The fraction of sp³-hybridized carbons (Fsp3) is 0.0556. The molecule has 0 bridgehead atoms. The smallest absolute Gasteiger partial charge is 0.201 e. The van der Waals surface area contributed by atoms with E-state index in [2.05, 4.69) is 54.2 Å². The van der Waals surface area contributed by atoms with Crippen molar-refractivity contribution >= 4 is 46.3 Å². The van der Waals surface area contributed by atoms with E-state index in [0.717, 1.165) is 5.56 Å². The highest BCUT2D eigenvalue weighted by atomic mass is 35.5. The highest BCUT2D eigenvalue weighted by Gasteiger charge is 2.06. The molecule has 2 aromatic carbocycles. The van der Waals surface area contributed by atoms with Crippen LogP contribution in [0.5, 0.6) is 0 Å². The Labute approximate surface area is 134 Å². The quantitative estimate of drug-likeness (QED) is 0.576. The van der Waals surface area contributed by atoms with E-state index in [1.54, 1.807) is 0 Å². The third-order valence-corrected chi connectivity index (χ3v) is 4.21. The van der Waals surface area contributed by atoms with Gasteiger partial charge in [0, 0.05) is 12.1 Å². The van der Waals surface area contributed by atoms with Crippen molar-refractivity contribution in [1.29, 1.82) is 0 Å². The monoisotopic (exact) mass is 314 g/mol. The van der Waals surface area contributed by atoms with Gasteiger partial charge in [-0.05, 0) is 29.3 Å². The van der Waals surface area contributed by atoms with Gasteiger partial charge in [-0.2, -0.15) is 0 Å². The van der Waals surface area contributed by atoms with Gasteiger partial charge in [0.05, 0.1) is 15.4 Å². The van der Waals surface area contributed by atoms with Gasteiger partial charge >= 0.3 is 0 Å². The Bertz CT molecular complexity index is 838. The molecule has 1 nitrogen and oxygen atoms in total. The first-order valence-corrected chi connectivity index (χ1v) is 7.41. The molecule has 3 heteroatoms.